The van der Waals surface area contributed by atoms with Crippen LogP contribution in [0.2, 0.25) is 0 Å². The fourth-order valence-corrected chi connectivity index (χ4v) is 4.30. The Balaban J connectivity index is 1.29. The number of benzene rings is 1. The van der Waals surface area contributed by atoms with Crippen LogP contribution >= 0.6 is 0 Å². The minimum atomic E-state index is -0.490. The molecule has 0 unspecified atom stereocenters. The number of rotatable bonds is 8. The van der Waals surface area contributed by atoms with Gasteiger partial charge in [0.1, 0.15) is 0 Å². The topological polar surface area (TPSA) is 153 Å². The van der Waals surface area contributed by atoms with Gasteiger partial charge in [-0.2, -0.15) is 9.78 Å². The fourth-order valence-electron chi connectivity index (χ4n) is 4.30. The third-order valence-corrected chi connectivity index (χ3v) is 6.21. The maximum absolute atomic E-state index is 13.0. The van der Waals surface area contributed by atoms with Crippen LogP contribution in [-0.2, 0) is 13.0 Å². The van der Waals surface area contributed by atoms with Gasteiger partial charge in [-0.15, -0.1) is 5.10 Å². The van der Waals surface area contributed by atoms with Crippen molar-refractivity contribution in [3.63, 3.8) is 0 Å². The predicted octanol–water partition coefficient (Wildman–Crippen LogP) is 1.85. The Morgan fingerprint density at radius 3 is 2.64 bits per heavy atom. The lowest BCUT2D eigenvalue weighted by molar-refractivity contribution is 0.0946. The molecule has 1 amide bonds. The number of hydrazone groups is 1. The normalized spacial score (nSPS) is 14.9. The van der Waals surface area contributed by atoms with Gasteiger partial charge in [-0.3, -0.25) is 14.7 Å². The number of pyridine rings is 1. The number of piperidine rings is 1. The lowest BCUT2D eigenvalue weighted by Gasteiger charge is -2.32. The predicted molar refractivity (Wildman–Crippen MR) is 131 cm³/mol. The molecule has 0 atom stereocenters. The monoisotopic (exact) mass is 486 g/mol. The summed E-state index contributed by atoms with van der Waals surface area (Å²) in [4.78, 5) is 19.2. The summed E-state index contributed by atoms with van der Waals surface area (Å²) in [6.45, 7) is 2.21. The Kier molecular flexibility index (Phi) is 7.03. The molecule has 4 aromatic rings. The zero-order chi connectivity index (χ0) is 24.7. The summed E-state index contributed by atoms with van der Waals surface area (Å²) < 4.78 is 6.15. The quantitative estimate of drug-likeness (QED) is 0.280. The number of hydrogen-bond donors (Lipinski definition) is 2. The van der Waals surface area contributed by atoms with Crippen molar-refractivity contribution < 1.29 is 9.42 Å². The Morgan fingerprint density at radius 2 is 1.92 bits per heavy atom. The molecule has 3 N–H and O–H groups in total. The Morgan fingerprint density at radius 1 is 1.14 bits per heavy atom. The summed E-state index contributed by atoms with van der Waals surface area (Å²) in [5, 5.41) is 19.7. The molecule has 1 aromatic carbocycles. The molecule has 1 aliphatic rings. The van der Waals surface area contributed by atoms with Gasteiger partial charge in [0, 0.05) is 18.9 Å². The van der Waals surface area contributed by atoms with Crippen LogP contribution in [-0.4, -0.2) is 60.4 Å². The van der Waals surface area contributed by atoms with Crippen molar-refractivity contribution in [3.05, 3.63) is 77.4 Å². The number of likely N-dealkylation sites (tertiary alicyclic amines) is 1. The van der Waals surface area contributed by atoms with Crippen LogP contribution in [0.25, 0.3) is 5.82 Å². The van der Waals surface area contributed by atoms with Crippen molar-refractivity contribution in [2.75, 3.05) is 18.8 Å². The molecule has 0 bridgehead atoms. The number of aromatic nitrogens is 6. The van der Waals surface area contributed by atoms with E-state index in [9.17, 15) is 4.79 Å². The molecule has 5 rings (SSSR count). The molecule has 0 spiro atoms. The lowest BCUT2D eigenvalue weighted by Crippen LogP contribution is -2.35. The molecule has 4 heterocycles. The Labute approximate surface area is 207 Å². The van der Waals surface area contributed by atoms with Crippen molar-refractivity contribution in [3.8, 4) is 5.82 Å². The van der Waals surface area contributed by atoms with E-state index in [4.69, 9.17) is 10.4 Å². The first-order valence-corrected chi connectivity index (χ1v) is 11.7. The summed E-state index contributed by atoms with van der Waals surface area (Å²) in [6.07, 6.45) is 8.00. The highest BCUT2D eigenvalue weighted by molar-refractivity contribution is 5.94. The Bertz CT molecular complexity index is 1310. The van der Waals surface area contributed by atoms with Gasteiger partial charge >= 0.3 is 0 Å². The number of amides is 1. The van der Waals surface area contributed by atoms with Crippen LogP contribution in [0.5, 0.6) is 0 Å². The SMILES string of the molecule is Nc1nonc1-n1nnc(C(=O)NN=Cc2ccncc2)c1CN1CCC(Cc2ccccc2)CC1. The lowest BCUT2D eigenvalue weighted by atomic mass is 9.90. The molecular weight excluding hydrogens is 460 g/mol. The first kappa shape index (κ1) is 23.3. The van der Waals surface area contributed by atoms with Gasteiger partial charge in [0.15, 0.2) is 5.69 Å². The van der Waals surface area contributed by atoms with Crippen LogP contribution < -0.4 is 11.2 Å². The molecule has 1 saturated heterocycles. The molecular formula is C24H26N10O2. The van der Waals surface area contributed by atoms with Gasteiger partial charge in [0.25, 0.3) is 5.91 Å². The van der Waals surface area contributed by atoms with E-state index >= 15 is 0 Å². The first-order valence-electron chi connectivity index (χ1n) is 11.7. The van der Waals surface area contributed by atoms with Crippen LogP contribution in [0.4, 0.5) is 5.82 Å². The van der Waals surface area contributed by atoms with Crippen molar-refractivity contribution in [1.29, 1.82) is 0 Å². The number of nitrogens with zero attached hydrogens (tertiary/aromatic N) is 8. The maximum Gasteiger partial charge on any atom is 0.293 e. The largest absolute Gasteiger partial charge is 0.378 e. The van der Waals surface area contributed by atoms with Gasteiger partial charge in [-0.25, -0.2) is 10.1 Å². The van der Waals surface area contributed by atoms with Gasteiger partial charge < -0.3 is 5.73 Å². The van der Waals surface area contributed by atoms with Crippen LogP contribution in [0.3, 0.4) is 0 Å². The second-order valence-electron chi connectivity index (χ2n) is 8.66. The van der Waals surface area contributed by atoms with E-state index in [1.54, 1.807) is 24.5 Å². The van der Waals surface area contributed by atoms with Crippen molar-refractivity contribution in [2.24, 2.45) is 11.0 Å². The third kappa shape index (κ3) is 5.44. The third-order valence-electron chi connectivity index (χ3n) is 6.21. The van der Waals surface area contributed by atoms with Crippen LogP contribution in [0, 0.1) is 5.92 Å². The van der Waals surface area contributed by atoms with Crippen molar-refractivity contribution in [1.82, 2.24) is 40.6 Å². The number of carbonyl (C=O) groups is 1. The second-order valence-corrected chi connectivity index (χ2v) is 8.66. The molecule has 0 radical (unpaired) electrons. The molecule has 1 aliphatic heterocycles. The molecule has 0 saturated carbocycles. The van der Waals surface area contributed by atoms with Gasteiger partial charge in [0.2, 0.25) is 11.6 Å². The fraction of sp³-hybridized carbons (Fsp3) is 0.292. The number of carbonyl (C=O) groups excluding carboxylic acids is 1. The minimum absolute atomic E-state index is 0.0605. The average molecular weight is 487 g/mol. The molecule has 12 heteroatoms. The molecule has 184 valence electrons. The molecule has 1 fully saturated rings. The zero-order valence-electron chi connectivity index (χ0n) is 19.6. The standard InChI is InChI=1S/C24H26N10O2/c25-22-23(31-36-30-22)34-20(16-33-12-8-18(9-13-33)14-17-4-2-1-3-5-17)21(28-32-34)24(35)29-27-15-19-6-10-26-11-7-19/h1-7,10-11,15,18H,8-9,12-14,16H2,(H2,25,30)(H,29,35). The van der Waals surface area contributed by atoms with Crippen molar-refractivity contribution >= 4 is 17.9 Å². The highest BCUT2D eigenvalue weighted by Crippen LogP contribution is 2.24. The summed E-state index contributed by atoms with van der Waals surface area (Å²) in [5.41, 5.74) is 11.2. The first-order chi connectivity index (χ1) is 17.7. The van der Waals surface area contributed by atoms with Crippen molar-refractivity contribution in [2.45, 2.75) is 25.8 Å². The van der Waals surface area contributed by atoms with E-state index in [0.29, 0.717) is 18.2 Å². The highest BCUT2D eigenvalue weighted by atomic mass is 16.6. The summed E-state index contributed by atoms with van der Waals surface area (Å²) >= 11 is 0. The molecule has 12 nitrogen and oxygen atoms in total. The summed E-state index contributed by atoms with van der Waals surface area (Å²) in [5.74, 6) is 0.379. The van der Waals surface area contributed by atoms with Crippen LogP contribution in [0.1, 0.15) is 40.2 Å². The van der Waals surface area contributed by atoms with Gasteiger partial charge in [0.05, 0.1) is 11.9 Å². The second kappa shape index (κ2) is 10.9. The molecule has 36 heavy (non-hydrogen) atoms. The smallest absolute Gasteiger partial charge is 0.293 e. The highest BCUT2D eigenvalue weighted by Gasteiger charge is 2.27. The zero-order valence-corrected chi connectivity index (χ0v) is 19.6. The minimum Gasteiger partial charge on any atom is -0.378 e. The van der Waals surface area contributed by atoms with E-state index in [2.05, 4.69) is 65.3 Å². The summed E-state index contributed by atoms with van der Waals surface area (Å²) in [6, 6.07) is 14.1. The molecule has 3 aromatic heterocycles. The van der Waals surface area contributed by atoms with Crippen LogP contribution in [0.15, 0.2) is 64.6 Å². The van der Waals surface area contributed by atoms with E-state index < -0.39 is 5.91 Å². The summed E-state index contributed by atoms with van der Waals surface area (Å²) in [7, 11) is 0. The van der Waals surface area contributed by atoms with E-state index in [1.807, 2.05) is 6.07 Å². The number of hydrogen-bond acceptors (Lipinski definition) is 10. The van der Waals surface area contributed by atoms with E-state index in [1.165, 1.54) is 16.5 Å². The number of nitrogens with one attached hydrogen (secondary N) is 1. The average Bonchev–Trinajstić information content (AvgIpc) is 3.52. The Hall–Kier alpha value is -4.45. The maximum atomic E-state index is 13.0. The number of anilines is 1. The van der Waals surface area contributed by atoms with E-state index in [0.717, 1.165) is 37.9 Å². The number of nitrogen functional groups attached to an aromatic ring is 1. The van der Waals surface area contributed by atoms with Gasteiger partial charge in [-0.1, -0.05) is 35.5 Å². The van der Waals surface area contributed by atoms with E-state index in [-0.39, 0.29) is 17.3 Å². The molecule has 0 aliphatic carbocycles. The van der Waals surface area contributed by atoms with Gasteiger partial charge in [-0.05, 0) is 71.8 Å². The number of nitrogens with two attached hydrogens (primary N) is 1.